The van der Waals surface area contributed by atoms with Gasteiger partial charge in [0.2, 0.25) is 6.29 Å². The van der Waals surface area contributed by atoms with Crippen molar-refractivity contribution < 1.29 is 9.53 Å². The molecule has 0 aliphatic rings. The van der Waals surface area contributed by atoms with E-state index in [9.17, 15) is 4.79 Å². The first kappa shape index (κ1) is 15.6. The molecule has 2 heteroatoms. The van der Waals surface area contributed by atoms with Gasteiger partial charge < -0.3 is 4.74 Å². The Morgan fingerprint density at radius 3 is 2.43 bits per heavy atom. The average molecular weight is 283 g/mol. The quantitative estimate of drug-likeness (QED) is 0.603. The first-order chi connectivity index (χ1) is 10.3. The molecule has 0 N–H and O–H groups in total. The largest absolute Gasteiger partial charge is 0.494 e. The van der Waals surface area contributed by atoms with Crippen molar-refractivity contribution in [2.45, 2.75) is 45.4 Å². The summed E-state index contributed by atoms with van der Waals surface area (Å²) >= 11 is 0. The summed E-state index contributed by atoms with van der Waals surface area (Å²) in [6, 6.07) is 11.6. The lowest BCUT2D eigenvalue weighted by molar-refractivity contribution is 0.305. The number of rotatable bonds is 9. The SMILES string of the molecule is CCCCCCCCOc1ccc2cc([C]=O)ccc2c1. The molecule has 2 nitrogen and oxygen atoms in total. The summed E-state index contributed by atoms with van der Waals surface area (Å²) < 4.78 is 5.80. The van der Waals surface area contributed by atoms with Gasteiger partial charge in [-0.2, -0.15) is 0 Å². The fourth-order valence-corrected chi connectivity index (χ4v) is 2.45. The predicted octanol–water partition coefficient (Wildman–Crippen LogP) is 5.04. The molecule has 0 bridgehead atoms. The zero-order chi connectivity index (χ0) is 14.9. The lowest BCUT2D eigenvalue weighted by Gasteiger charge is -2.07. The van der Waals surface area contributed by atoms with Crippen molar-refractivity contribution in [3.05, 3.63) is 42.0 Å². The molecule has 2 aromatic rings. The normalized spacial score (nSPS) is 10.7. The maximum absolute atomic E-state index is 10.6. The standard InChI is InChI=1S/C19H23O2/c1-2-3-4-5-6-7-12-21-19-11-10-17-13-16(15-20)8-9-18(17)14-19/h8-11,13-14H,2-7,12H2,1H3. The van der Waals surface area contributed by atoms with Crippen molar-refractivity contribution in [3.8, 4) is 5.75 Å². The van der Waals surface area contributed by atoms with E-state index in [1.807, 2.05) is 36.6 Å². The van der Waals surface area contributed by atoms with Gasteiger partial charge in [0.15, 0.2) is 0 Å². The van der Waals surface area contributed by atoms with Crippen molar-refractivity contribution >= 4 is 17.1 Å². The Morgan fingerprint density at radius 1 is 0.905 bits per heavy atom. The highest BCUT2D eigenvalue weighted by molar-refractivity contribution is 5.89. The highest BCUT2D eigenvalue weighted by Gasteiger charge is 2.00. The highest BCUT2D eigenvalue weighted by Crippen LogP contribution is 2.22. The number of unbranched alkanes of at least 4 members (excludes halogenated alkanes) is 5. The number of fused-ring (bicyclic) bond motifs is 1. The first-order valence-corrected chi connectivity index (χ1v) is 7.88. The van der Waals surface area contributed by atoms with Gasteiger partial charge in [-0.15, -0.1) is 0 Å². The number of hydrogen-bond acceptors (Lipinski definition) is 2. The van der Waals surface area contributed by atoms with Crippen molar-refractivity contribution in [3.63, 3.8) is 0 Å². The summed E-state index contributed by atoms with van der Waals surface area (Å²) in [5.74, 6) is 0.902. The van der Waals surface area contributed by atoms with E-state index in [2.05, 4.69) is 6.92 Å². The minimum absolute atomic E-state index is 0.586. The van der Waals surface area contributed by atoms with Gasteiger partial charge >= 0.3 is 0 Å². The second-order valence-electron chi connectivity index (χ2n) is 5.44. The molecule has 0 saturated carbocycles. The third-order valence-corrected chi connectivity index (χ3v) is 3.70. The summed E-state index contributed by atoms with van der Waals surface area (Å²) in [5, 5.41) is 2.14. The van der Waals surface area contributed by atoms with Crippen molar-refractivity contribution in [2.75, 3.05) is 6.61 Å². The van der Waals surface area contributed by atoms with Crippen LogP contribution in [0, 0.1) is 0 Å². The Kier molecular flexibility index (Phi) is 6.26. The summed E-state index contributed by atoms with van der Waals surface area (Å²) in [6.45, 7) is 3.01. The summed E-state index contributed by atoms with van der Waals surface area (Å²) in [5.41, 5.74) is 0.586. The van der Waals surface area contributed by atoms with E-state index in [-0.39, 0.29) is 0 Å². The van der Waals surface area contributed by atoms with Gasteiger partial charge in [-0.25, -0.2) is 0 Å². The average Bonchev–Trinajstić information content (AvgIpc) is 2.53. The highest BCUT2D eigenvalue weighted by atomic mass is 16.5. The lowest BCUT2D eigenvalue weighted by Crippen LogP contribution is -1.97. The molecule has 0 unspecified atom stereocenters. The van der Waals surface area contributed by atoms with Crippen LogP contribution in [-0.2, 0) is 4.79 Å². The van der Waals surface area contributed by atoms with Gasteiger partial charge in [-0.3, -0.25) is 4.79 Å². The number of ether oxygens (including phenoxy) is 1. The van der Waals surface area contributed by atoms with Crippen LogP contribution in [0.2, 0.25) is 0 Å². The van der Waals surface area contributed by atoms with Crippen LogP contribution in [-0.4, -0.2) is 12.9 Å². The minimum atomic E-state index is 0.586. The Balaban J connectivity index is 1.81. The summed E-state index contributed by atoms with van der Waals surface area (Å²) in [6.07, 6.45) is 9.54. The Hall–Kier alpha value is -1.83. The van der Waals surface area contributed by atoms with Crippen molar-refractivity contribution in [1.29, 1.82) is 0 Å². The van der Waals surface area contributed by atoms with E-state index in [1.54, 1.807) is 6.07 Å². The van der Waals surface area contributed by atoms with E-state index in [0.717, 1.165) is 29.5 Å². The van der Waals surface area contributed by atoms with Crippen LogP contribution >= 0.6 is 0 Å². The summed E-state index contributed by atoms with van der Waals surface area (Å²) in [4.78, 5) is 10.6. The van der Waals surface area contributed by atoms with Gasteiger partial charge in [0.05, 0.1) is 6.61 Å². The van der Waals surface area contributed by atoms with E-state index in [1.165, 1.54) is 32.1 Å². The second kappa shape index (κ2) is 8.46. The molecule has 0 amide bonds. The van der Waals surface area contributed by atoms with E-state index >= 15 is 0 Å². The lowest BCUT2D eigenvalue weighted by atomic mass is 10.1. The molecule has 0 aliphatic carbocycles. The zero-order valence-corrected chi connectivity index (χ0v) is 12.7. The van der Waals surface area contributed by atoms with Crippen LogP contribution in [0.4, 0.5) is 0 Å². The first-order valence-electron chi connectivity index (χ1n) is 7.88. The predicted molar refractivity (Wildman–Crippen MR) is 87.6 cm³/mol. The monoisotopic (exact) mass is 283 g/mol. The third kappa shape index (κ3) is 4.89. The maximum atomic E-state index is 10.6. The molecule has 0 heterocycles. The molecule has 0 spiro atoms. The molecule has 2 aromatic carbocycles. The molecular weight excluding hydrogens is 260 g/mol. The number of carbonyl (C=O) groups excluding carboxylic acids is 1. The molecule has 0 saturated heterocycles. The van der Waals surface area contributed by atoms with Crippen molar-refractivity contribution in [2.24, 2.45) is 0 Å². The van der Waals surface area contributed by atoms with Crippen LogP contribution < -0.4 is 4.74 Å². The minimum Gasteiger partial charge on any atom is -0.494 e. The van der Waals surface area contributed by atoms with Crippen LogP contribution in [0.3, 0.4) is 0 Å². The molecule has 0 atom stereocenters. The molecule has 0 fully saturated rings. The third-order valence-electron chi connectivity index (χ3n) is 3.70. The molecule has 0 aromatic heterocycles. The number of benzene rings is 2. The molecule has 1 radical (unpaired) electrons. The zero-order valence-electron chi connectivity index (χ0n) is 12.7. The van der Waals surface area contributed by atoms with Crippen LogP contribution in [0.1, 0.15) is 51.0 Å². The molecule has 2 rings (SSSR count). The van der Waals surface area contributed by atoms with Crippen LogP contribution in [0.15, 0.2) is 36.4 Å². The molecular formula is C19H23O2. The van der Waals surface area contributed by atoms with Crippen molar-refractivity contribution in [1.82, 2.24) is 0 Å². The molecule has 21 heavy (non-hydrogen) atoms. The van der Waals surface area contributed by atoms with Gasteiger partial charge in [0.1, 0.15) is 5.75 Å². The van der Waals surface area contributed by atoms with Crippen LogP contribution in [0.25, 0.3) is 10.8 Å². The van der Waals surface area contributed by atoms with Gasteiger partial charge in [0.25, 0.3) is 0 Å². The van der Waals surface area contributed by atoms with Gasteiger partial charge in [-0.1, -0.05) is 57.2 Å². The molecule has 0 aliphatic heterocycles. The Labute approximate surface area is 127 Å². The number of hydrogen-bond donors (Lipinski definition) is 0. The maximum Gasteiger partial charge on any atom is 0.233 e. The summed E-state index contributed by atoms with van der Waals surface area (Å²) in [7, 11) is 0. The van der Waals surface area contributed by atoms with E-state index in [0.29, 0.717) is 5.56 Å². The Bertz CT molecular complexity index is 575. The van der Waals surface area contributed by atoms with E-state index < -0.39 is 0 Å². The van der Waals surface area contributed by atoms with Gasteiger partial charge in [-0.05, 0) is 35.4 Å². The fourth-order valence-electron chi connectivity index (χ4n) is 2.45. The Morgan fingerprint density at radius 2 is 1.62 bits per heavy atom. The molecule has 111 valence electrons. The second-order valence-corrected chi connectivity index (χ2v) is 5.44. The van der Waals surface area contributed by atoms with Gasteiger partial charge in [0, 0.05) is 5.56 Å². The van der Waals surface area contributed by atoms with E-state index in [4.69, 9.17) is 4.74 Å². The van der Waals surface area contributed by atoms with Crippen LogP contribution in [0.5, 0.6) is 5.75 Å². The fraction of sp³-hybridized carbons (Fsp3) is 0.421. The topological polar surface area (TPSA) is 26.3 Å². The smallest absolute Gasteiger partial charge is 0.233 e.